The molecule has 1 aliphatic rings. The predicted molar refractivity (Wildman–Crippen MR) is 113 cm³/mol. The molecule has 0 fully saturated rings. The van der Waals surface area contributed by atoms with Crippen molar-refractivity contribution >= 4 is 23.4 Å². The lowest BCUT2D eigenvalue weighted by Crippen LogP contribution is -2.38. The maximum atomic E-state index is 13.0. The highest BCUT2D eigenvalue weighted by Gasteiger charge is 2.23. The minimum atomic E-state index is -0.224. The van der Waals surface area contributed by atoms with Gasteiger partial charge in [0.2, 0.25) is 0 Å². The highest BCUT2D eigenvalue weighted by molar-refractivity contribution is 6.02. The van der Waals surface area contributed by atoms with Crippen LogP contribution in [-0.4, -0.2) is 29.1 Å². The maximum absolute atomic E-state index is 13.0. The summed E-state index contributed by atoms with van der Waals surface area (Å²) in [6, 6.07) is 17.4. The Kier molecular flexibility index (Phi) is 5.19. The van der Waals surface area contributed by atoms with Gasteiger partial charge in [0.25, 0.3) is 0 Å². The molecule has 0 saturated heterocycles. The molecule has 0 unspecified atom stereocenters. The van der Waals surface area contributed by atoms with Gasteiger partial charge in [0.15, 0.2) is 5.82 Å². The third-order valence-electron chi connectivity index (χ3n) is 4.71. The van der Waals surface area contributed by atoms with Gasteiger partial charge in [-0.25, -0.2) is 14.8 Å². The topological polar surface area (TPSA) is 70.2 Å². The molecule has 0 radical (unpaired) electrons. The molecule has 0 spiro atoms. The molecule has 0 saturated carbocycles. The first-order valence-electron chi connectivity index (χ1n) is 9.52. The molecule has 1 aromatic carbocycles. The zero-order valence-corrected chi connectivity index (χ0v) is 15.9. The number of carbonyl (C=O) groups is 1. The molecule has 3 aromatic rings. The van der Waals surface area contributed by atoms with Crippen molar-refractivity contribution in [2.45, 2.75) is 19.8 Å². The quantitative estimate of drug-likeness (QED) is 0.683. The van der Waals surface area contributed by atoms with Gasteiger partial charge in [-0.3, -0.25) is 10.2 Å². The number of nitrogens with one attached hydrogen (secondary N) is 2. The Balaban J connectivity index is 1.70. The number of amides is 2. The van der Waals surface area contributed by atoms with Crippen LogP contribution < -0.4 is 15.5 Å². The number of urea groups is 1. The summed E-state index contributed by atoms with van der Waals surface area (Å²) in [5, 5.41) is 6.28. The molecule has 0 aliphatic carbocycles. The van der Waals surface area contributed by atoms with E-state index in [1.165, 1.54) is 5.56 Å². The molecule has 6 nitrogen and oxygen atoms in total. The number of hydrogen-bond acceptors (Lipinski definition) is 4. The van der Waals surface area contributed by atoms with E-state index in [2.05, 4.69) is 34.7 Å². The number of carbonyl (C=O) groups excluding carboxylic acids is 1. The van der Waals surface area contributed by atoms with Crippen LogP contribution in [0.3, 0.4) is 0 Å². The van der Waals surface area contributed by atoms with E-state index in [0.717, 1.165) is 36.3 Å². The number of nitrogens with zero attached hydrogens (tertiary/aromatic N) is 3. The number of rotatable bonds is 2. The second-order valence-electron chi connectivity index (χ2n) is 6.87. The summed E-state index contributed by atoms with van der Waals surface area (Å²) in [6.07, 6.45) is 3.55. The molecular formula is C22H23N5O. The molecule has 2 N–H and O–H groups in total. The molecule has 2 aromatic heterocycles. The highest BCUT2D eigenvalue weighted by Crippen LogP contribution is 2.30. The lowest BCUT2D eigenvalue weighted by atomic mass is 10.1. The standard InChI is InChI=1S/C22H23N5O/c1-16-7-6-8-17(15-16)18-10-11-19-21(25-18)27(14-5-4-12-23-19)22(28)26-20-9-2-3-13-24-20/h2-3,6-11,13,15,23H,4-5,12,14H2,1H3,(H,24,26,28). The van der Waals surface area contributed by atoms with E-state index in [9.17, 15) is 4.79 Å². The van der Waals surface area contributed by atoms with Crippen molar-refractivity contribution in [3.05, 3.63) is 66.4 Å². The van der Waals surface area contributed by atoms with Crippen molar-refractivity contribution in [2.24, 2.45) is 0 Å². The van der Waals surface area contributed by atoms with Crippen molar-refractivity contribution in [1.29, 1.82) is 0 Å². The summed E-state index contributed by atoms with van der Waals surface area (Å²) < 4.78 is 0. The number of pyridine rings is 2. The second kappa shape index (κ2) is 8.08. The maximum Gasteiger partial charge on any atom is 0.328 e. The van der Waals surface area contributed by atoms with E-state index in [4.69, 9.17) is 4.98 Å². The molecular weight excluding hydrogens is 350 g/mol. The second-order valence-corrected chi connectivity index (χ2v) is 6.87. The van der Waals surface area contributed by atoms with Crippen LogP contribution >= 0.6 is 0 Å². The van der Waals surface area contributed by atoms with Gasteiger partial charge in [0.05, 0.1) is 11.4 Å². The average Bonchev–Trinajstić information content (AvgIpc) is 2.69. The molecule has 4 rings (SSSR count). The van der Waals surface area contributed by atoms with Crippen molar-refractivity contribution < 1.29 is 4.79 Å². The SMILES string of the molecule is Cc1cccc(-c2ccc3c(n2)N(C(=O)Nc2ccccn2)CCCCN3)c1. The fourth-order valence-electron chi connectivity index (χ4n) is 3.29. The Morgan fingerprint density at radius 1 is 1.11 bits per heavy atom. The van der Waals surface area contributed by atoms with Crippen LogP contribution in [0, 0.1) is 6.92 Å². The Labute approximate surface area is 164 Å². The minimum absolute atomic E-state index is 0.224. The number of benzene rings is 1. The van der Waals surface area contributed by atoms with Crippen LogP contribution in [0.1, 0.15) is 18.4 Å². The average molecular weight is 373 g/mol. The number of hydrogen-bond donors (Lipinski definition) is 2. The monoisotopic (exact) mass is 373 g/mol. The Morgan fingerprint density at radius 3 is 2.86 bits per heavy atom. The van der Waals surface area contributed by atoms with Gasteiger partial charge in [0, 0.05) is 24.8 Å². The molecule has 3 heterocycles. The minimum Gasteiger partial charge on any atom is -0.382 e. The first kappa shape index (κ1) is 18.0. The van der Waals surface area contributed by atoms with E-state index < -0.39 is 0 Å². The van der Waals surface area contributed by atoms with Crippen LogP contribution in [0.5, 0.6) is 0 Å². The first-order chi connectivity index (χ1) is 13.7. The Hall–Kier alpha value is -3.41. The van der Waals surface area contributed by atoms with E-state index in [1.54, 1.807) is 17.2 Å². The number of fused-ring (bicyclic) bond motifs is 1. The fourth-order valence-corrected chi connectivity index (χ4v) is 3.29. The van der Waals surface area contributed by atoms with Crippen molar-refractivity contribution in [1.82, 2.24) is 9.97 Å². The summed E-state index contributed by atoms with van der Waals surface area (Å²) in [4.78, 5) is 23.8. The fraction of sp³-hybridized carbons (Fsp3) is 0.227. The van der Waals surface area contributed by atoms with E-state index in [1.807, 2.05) is 36.4 Å². The molecule has 28 heavy (non-hydrogen) atoms. The summed E-state index contributed by atoms with van der Waals surface area (Å²) in [7, 11) is 0. The van der Waals surface area contributed by atoms with Crippen molar-refractivity contribution in [3.63, 3.8) is 0 Å². The molecule has 0 bridgehead atoms. The van der Waals surface area contributed by atoms with Crippen LogP contribution in [0.4, 0.5) is 22.1 Å². The molecule has 1 aliphatic heterocycles. The lowest BCUT2D eigenvalue weighted by Gasteiger charge is -2.27. The van der Waals surface area contributed by atoms with Crippen LogP contribution in [0.15, 0.2) is 60.8 Å². The summed E-state index contributed by atoms with van der Waals surface area (Å²) in [6.45, 7) is 3.54. The first-order valence-corrected chi connectivity index (χ1v) is 9.52. The van der Waals surface area contributed by atoms with Gasteiger partial charge in [-0.05, 0) is 50.1 Å². The van der Waals surface area contributed by atoms with E-state index in [-0.39, 0.29) is 6.03 Å². The smallest absolute Gasteiger partial charge is 0.328 e. The van der Waals surface area contributed by atoms with Gasteiger partial charge >= 0.3 is 6.03 Å². The lowest BCUT2D eigenvalue weighted by molar-refractivity contribution is 0.256. The van der Waals surface area contributed by atoms with Gasteiger partial charge < -0.3 is 5.32 Å². The van der Waals surface area contributed by atoms with E-state index in [0.29, 0.717) is 18.2 Å². The normalized spacial score (nSPS) is 13.7. The largest absolute Gasteiger partial charge is 0.382 e. The van der Waals surface area contributed by atoms with Crippen LogP contribution in [0.2, 0.25) is 0 Å². The summed E-state index contributed by atoms with van der Waals surface area (Å²) >= 11 is 0. The molecule has 0 atom stereocenters. The number of aromatic nitrogens is 2. The Bertz CT molecular complexity index is 974. The molecule has 6 heteroatoms. The summed E-state index contributed by atoms with van der Waals surface area (Å²) in [5.74, 6) is 1.17. The third kappa shape index (κ3) is 3.96. The van der Waals surface area contributed by atoms with Gasteiger partial charge in [-0.15, -0.1) is 0 Å². The summed E-state index contributed by atoms with van der Waals surface area (Å²) in [5.41, 5.74) is 3.93. The van der Waals surface area contributed by atoms with E-state index >= 15 is 0 Å². The third-order valence-corrected chi connectivity index (χ3v) is 4.71. The van der Waals surface area contributed by atoms with Crippen molar-refractivity contribution in [3.8, 4) is 11.3 Å². The van der Waals surface area contributed by atoms with Crippen molar-refractivity contribution in [2.75, 3.05) is 28.6 Å². The van der Waals surface area contributed by atoms with Gasteiger partial charge in [-0.1, -0.05) is 29.8 Å². The number of anilines is 3. The zero-order chi connectivity index (χ0) is 19.3. The predicted octanol–water partition coefficient (Wildman–Crippen LogP) is 4.70. The molecule has 2 amide bonds. The Morgan fingerprint density at radius 2 is 2.04 bits per heavy atom. The zero-order valence-electron chi connectivity index (χ0n) is 15.9. The highest BCUT2D eigenvalue weighted by atomic mass is 16.2. The molecule has 142 valence electrons. The number of aryl methyl sites for hydroxylation is 1. The van der Waals surface area contributed by atoms with Crippen LogP contribution in [0.25, 0.3) is 11.3 Å². The van der Waals surface area contributed by atoms with Gasteiger partial charge in [-0.2, -0.15) is 0 Å². The van der Waals surface area contributed by atoms with Crippen LogP contribution in [-0.2, 0) is 0 Å². The van der Waals surface area contributed by atoms with Gasteiger partial charge in [0.1, 0.15) is 5.82 Å².